The monoisotopic (exact) mass is 145 g/mol. The van der Waals surface area contributed by atoms with Gasteiger partial charge in [0, 0.05) is 6.04 Å². The maximum atomic E-state index is 5.52. The molecule has 0 radical (unpaired) electrons. The van der Waals surface area contributed by atoms with Crippen LogP contribution in [0.1, 0.15) is 27.7 Å². The second kappa shape index (κ2) is 3.94. The van der Waals surface area contributed by atoms with Crippen LogP contribution in [0.15, 0.2) is 0 Å². The van der Waals surface area contributed by atoms with Crippen LogP contribution in [0.5, 0.6) is 0 Å². The highest BCUT2D eigenvalue weighted by molar-refractivity contribution is 4.62. The van der Waals surface area contributed by atoms with Gasteiger partial charge in [-0.15, -0.1) is 0 Å². The molecule has 0 heterocycles. The van der Waals surface area contributed by atoms with Crippen molar-refractivity contribution in [1.82, 2.24) is 5.32 Å². The zero-order valence-corrected chi connectivity index (χ0v) is 7.69. The SMILES string of the molecule is CNC(C)COC(C)(C)C. The van der Waals surface area contributed by atoms with Crippen LogP contribution in [0.25, 0.3) is 0 Å². The van der Waals surface area contributed by atoms with Gasteiger partial charge in [-0.2, -0.15) is 0 Å². The predicted molar refractivity (Wildman–Crippen MR) is 44.2 cm³/mol. The molecule has 0 fully saturated rings. The normalized spacial score (nSPS) is 15.3. The van der Waals surface area contributed by atoms with E-state index < -0.39 is 0 Å². The van der Waals surface area contributed by atoms with E-state index in [0.717, 1.165) is 6.61 Å². The van der Waals surface area contributed by atoms with Crippen LogP contribution in [0.3, 0.4) is 0 Å². The van der Waals surface area contributed by atoms with E-state index in [-0.39, 0.29) is 5.60 Å². The zero-order chi connectivity index (χ0) is 8.20. The fourth-order valence-electron chi connectivity index (χ4n) is 0.458. The first-order valence-electron chi connectivity index (χ1n) is 3.77. The van der Waals surface area contributed by atoms with Gasteiger partial charge in [0.25, 0.3) is 0 Å². The second-order valence-electron chi connectivity index (χ2n) is 3.61. The Labute approximate surface area is 64.0 Å². The Kier molecular flexibility index (Phi) is 3.91. The van der Waals surface area contributed by atoms with Crippen molar-refractivity contribution in [2.45, 2.75) is 39.3 Å². The first-order chi connectivity index (χ1) is 4.45. The average molecular weight is 145 g/mol. The third-order valence-corrected chi connectivity index (χ3v) is 1.26. The molecule has 0 saturated heterocycles. The Balaban J connectivity index is 3.36. The molecule has 0 spiro atoms. The van der Waals surface area contributed by atoms with E-state index in [0.29, 0.717) is 6.04 Å². The van der Waals surface area contributed by atoms with Crippen molar-refractivity contribution in [3.05, 3.63) is 0 Å². The molecule has 0 rings (SSSR count). The van der Waals surface area contributed by atoms with Gasteiger partial charge in [0.15, 0.2) is 0 Å². The zero-order valence-electron chi connectivity index (χ0n) is 7.69. The Morgan fingerprint density at radius 3 is 2.20 bits per heavy atom. The van der Waals surface area contributed by atoms with Gasteiger partial charge in [0.05, 0.1) is 12.2 Å². The molecular formula is C8H19NO. The summed E-state index contributed by atoms with van der Waals surface area (Å²) in [6, 6.07) is 0.444. The van der Waals surface area contributed by atoms with E-state index in [1.54, 1.807) is 0 Å². The van der Waals surface area contributed by atoms with Gasteiger partial charge in [-0.05, 0) is 34.7 Å². The van der Waals surface area contributed by atoms with E-state index in [9.17, 15) is 0 Å². The smallest absolute Gasteiger partial charge is 0.0623 e. The molecule has 0 aromatic heterocycles. The van der Waals surface area contributed by atoms with Crippen LogP contribution in [0.2, 0.25) is 0 Å². The summed E-state index contributed by atoms with van der Waals surface area (Å²) in [5, 5.41) is 3.11. The van der Waals surface area contributed by atoms with Crippen LogP contribution in [-0.4, -0.2) is 25.3 Å². The number of nitrogens with one attached hydrogen (secondary N) is 1. The number of rotatable bonds is 3. The van der Waals surface area contributed by atoms with Gasteiger partial charge in [0.2, 0.25) is 0 Å². The highest BCUT2D eigenvalue weighted by Crippen LogP contribution is 2.06. The third kappa shape index (κ3) is 6.05. The molecule has 0 saturated carbocycles. The van der Waals surface area contributed by atoms with Crippen LogP contribution >= 0.6 is 0 Å². The molecule has 2 heteroatoms. The topological polar surface area (TPSA) is 21.3 Å². The number of likely N-dealkylation sites (N-methyl/N-ethyl adjacent to an activating group) is 1. The summed E-state index contributed by atoms with van der Waals surface area (Å²) in [6.45, 7) is 9.08. The lowest BCUT2D eigenvalue weighted by Crippen LogP contribution is -2.31. The van der Waals surface area contributed by atoms with Gasteiger partial charge < -0.3 is 10.1 Å². The lowest BCUT2D eigenvalue weighted by atomic mass is 10.2. The predicted octanol–water partition coefficient (Wildman–Crippen LogP) is 1.41. The standard InChI is InChI=1S/C8H19NO/c1-7(9-5)6-10-8(2,3)4/h7,9H,6H2,1-5H3. The van der Waals surface area contributed by atoms with Crippen molar-refractivity contribution in [2.75, 3.05) is 13.7 Å². The molecule has 2 nitrogen and oxygen atoms in total. The highest BCUT2D eigenvalue weighted by Gasteiger charge is 2.10. The van der Waals surface area contributed by atoms with Crippen LogP contribution in [0, 0.1) is 0 Å². The minimum atomic E-state index is -0.00882. The van der Waals surface area contributed by atoms with Crippen molar-refractivity contribution < 1.29 is 4.74 Å². The molecule has 1 N–H and O–H groups in total. The van der Waals surface area contributed by atoms with Crippen molar-refractivity contribution in [3.63, 3.8) is 0 Å². The largest absolute Gasteiger partial charge is 0.374 e. The summed E-state index contributed by atoms with van der Waals surface area (Å²) in [4.78, 5) is 0. The summed E-state index contributed by atoms with van der Waals surface area (Å²) in [7, 11) is 1.94. The fourth-order valence-corrected chi connectivity index (χ4v) is 0.458. The van der Waals surface area contributed by atoms with Gasteiger partial charge in [0.1, 0.15) is 0 Å². The van der Waals surface area contributed by atoms with Gasteiger partial charge in [-0.1, -0.05) is 0 Å². The maximum Gasteiger partial charge on any atom is 0.0623 e. The molecule has 0 aromatic rings. The molecule has 0 aliphatic rings. The summed E-state index contributed by atoms with van der Waals surface area (Å²) < 4.78 is 5.52. The number of hydrogen-bond acceptors (Lipinski definition) is 2. The summed E-state index contributed by atoms with van der Waals surface area (Å²) in [6.07, 6.45) is 0. The van der Waals surface area contributed by atoms with Gasteiger partial charge in [-0.25, -0.2) is 0 Å². The minimum Gasteiger partial charge on any atom is -0.374 e. The molecule has 1 unspecified atom stereocenters. The Morgan fingerprint density at radius 1 is 1.40 bits per heavy atom. The third-order valence-electron chi connectivity index (χ3n) is 1.26. The molecule has 10 heavy (non-hydrogen) atoms. The van der Waals surface area contributed by atoms with Crippen molar-refractivity contribution >= 4 is 0 Å². The molecule has 0 aromatic carbocycles. The first-order valence-corrected chi connectivity index (χ1v) is 3.77. The van der Waals surface area contributed by atoms with E-state index in [1.165, 1.54) is 0 Å². The van der Waals surface area contributed by atoms with E-state index in [4.69, 9.17) is 4.74 Å². The molecular weight excluding hydrogens is 126 g/mol. The van der Waals surface area contributed by atoms with Crippen LogP contribution < -0.4 is 5.32 Å². The fraction of sp³-hybridized carbons (Fsp3) is 1.00. The first kappa shape index (κ1) is 9.92. The highest BCUT2D eigenvalue weighted by atomic mass is 16.5. The van der Waals surface area contributed by atoms with Gasteiger partial charge in [-0.3, -0.25) is 0 Å². The van der Waals surface area contributed by atoms with Crippen molar-refractivity contribution in [3.8, 4) is 0 Å². The van der Waals surface area contributed by atoms with Crippen LogP contribution in [-0.2, 0) is 4.74 Å². The summed E-state index contributed by atoms with van der Waals surface area (Å²) >= 11 is 0. The second-order valence-corrected chi connectivity index (χ2v) is 3.61. The summed E-state index contributed by atoms with van der Waals surface area (Å²) in [5.41, 5.74) is -0.00882. The van der Waals surface area contributed by atoms with Crippen molar-refractivity contribution in [2.24, 2.45) is 0 Å². The lowest BCUT2D eigenvalue weighted by Gasteiger charge is -2.22. The van der Waals surface area contributed by atoms with E-state index >= 15 is 0 Å². The average Bonchev–Trinajstić information content (AvgIpc) is 1.81. The Bertz CT molecular complexity index is 85.7. The van der Waals surface area contributed by atoms with E-state index in [1.807, 2.05) is 7.05 Å². The molecule has 1 atom stereocenters. The molecule has 0 aliphatic carbocycles. The van der Waals surface area contributed by atoms with E-state index in [2.05, 4.69) is 33.0 Å². The van der Waals surface area contributed by atoms with Crippen molar-refractivity contribution in [1.29, 1.82) is 0 Å². The molecule has 0 aliphatic heterocycles. The quantitative estimate of drug-likeness (QED) is 0.648. The molecule has 0 bridgehead atoms. The van der Waals surface area contributed by atoms with Crippen LogP contribution in [0.4, 0.5) is 0 Å². The molecule has 62 valence electrons. The maximum absolute atomic E-state index is 5.52. The minimum absolute atomic E-state index is 0.00882. The Hall–Kier alpha value is -0.0800. The number of hydrogen-bond donors (Lipinski definition) is 1. The lowest BCUT2D eigenvalue weighted by molar-refractivity contribution is -0.0113. The van der Waals surface area contributed by atoms with Gasteiger partial charge >= 0.3 is 0 Å². The Morgan fingerprint density at radius 2 is 1.90 bits per heavy atom. The molecule has 0 amide bonds. The number of ether oxygens (including phenoxy) is 1. The summed E-state index contributed by atoms with van der Waals surface area (Å²) in [5.74, 6) is 0.